The average Bonchev–Trinajstić information content (AvgIpc) is 2.92. The fourth-order valence-corrected chi connectivity index (χ4v) is 1.77. The minimum atomic E-state index is -0.259. The van der Waals surface area contributed by atoms with E-state index in [9.17, 15) is 4.79 Å². The Morgan fingerprint density at radius 2 is 2.33 bits per heavy atom. The van der Waals surface area contributed by atoms with Gasteiger partial charge < -0.3 is 15.8 Å². The maximum absolute atomic E-state index is 12.1. The van der Waals surface area contributed by atoms with Crippen LogP contribution in [0, 0.1) is 11.8 Å². The standard InChI is InChI=1S/C15H16N4O2/c1-19-10-12(9-17-19)15(20)18-13-8-11(4-3-7-16)5-6-14(13)21-2/h5-6,8-10H,7,16H2,1-2H3,(H,18,20). The average molecular weight is 284 g/mol. The highest BCUT2D eigenvalue weighted by molar-refractivity contribution is 6.04. The normalized spacial score (nSPS) is 9.67. The smallest absolute Gasteiger partial charge is 0.258 e. The zero-order valence-electron chi connectivity index (χ0n) is 11.9. The van der Waals surface area contributed by atoms with Gasteiger partial charge in [0.2, 0.25) is 0 Å². The maximum atomic E-state index is 12.1. The van der Waals surface area contributed by atoms with Crippen molar-refractivity contribution in [2.24, 2.45) is 12.8 Å². The molecule has 0 atom stereocenters. The first kappa shape index (κ1) is 14.6. The summed E-state index contributed by atoms with van der Waals surface area (Å²) >= 11 is 0. The van der Waals surface area contributed by atoms with Crippen molar-refractivity contribution in [2.45, 2.75) is 0 Å². The van der Waals surface area contributed by atoms with E-state index in [1.165, 1.54) is 6.20 Å². The summed E-state index contributed by atoms with van der Waals surface area (Å²) in [5.74, 6) is 5.99. The molecule has 1 amide bonds. The van der Waals surface area contributed by atoms with Gasteiger partial charge in [-0.3, -0.25) is 9.48 Å². The number of nitrogens with one attached hydrogen (secondary N) is 1. The summed E-state index contributed by atoms with van der Waals surface area (Å²) < 4.78 is 6.80. The highest BCUT2D eigenvalue weighted by atomic mass is 16.5. The third-order valence-corrected chi connectivity index (χ3v) is 2.75. The molecule has 0 saturated heterocycles. The van der Waals surface area contributed by atoms with Crippen molar-refractivity contribution in [1.29, 1.82) is 0 Å². The van der Waals surface area contributed by atoms with Crippen LogP contribution in [0.2, 0.25) is 0 Å². The molecule has 0 aliphatic rings. The number of aryl methyl sites for hydroxylation is 1. The lowest BCUT2D eigenvalue weighted by molar-refractivity contribution is 0.102. The number of nitrogens with two attached hydrogens (primary N) is 1. The van der Waals surface area contributed by atoms with E-state index in [1.807, 2.05) is 0 Å². The number of nitrogens with zero attached hydrogens (tertiary/aromatic N) is 2. The minimum Gasteiger partial charge on any atom is -0.495 e. The molecule has 1 aromatic heterocycles. The molecule has 0 fully saturated rings. The first-order valence-corrected chi connectivity index (χ1v) is 6.31. The summed E-state index contributed by atoms with van der Waals surface area (Å²) in [5.41, 5.74) is 7.13. The van der Waals surface area contributed by atoms with Gasteiger partial charge in [-0.2, -0.15) is 5.10 Å². The first-order chi connectivity index (χ1) is 10.1. The van der Waals surface area contributed by atoms with Gasteiger partial charge in [0.15, 0.2) is 0 Å². The second-order valence-electron chi connectivity index (χ2n) is 4.28. The Hall–Kier alpha value is -2.78. The lowest BCUT2D eigenvalue weighted by Gasteiger charge is -2.10. The van der Waals surface area contributed by atoms with Crippen LogP contribution in [0.4, 0.5) is 5.69 Å². The van der Waals surface area contributed by atoms with Gasteiger partial charge in [0.25, 0.3) is 5.91 Å². The summed E-state index contributed by atoms with van der Waals surface area (Å²) in [6.07, 6.45) is 3.14. The van der Waals surface area contributed by atoms with Gasteiger partial charge in [-0.05, 0) is 18.2 Å². The van der Waals surface area contributed by atoms with Crippen molar-refractivity contribution >= 4 is 11.6 Å². The molecule has 0 unspecified atom stereocenters. The van der Waals surface area contributed by atoms with Gasteiger partial charge in [0.1, 0.15) is 5.75 Å². The number of rotatable bonds is 3. The van der Waals surface area contributed by atoms with Crippen LogP contribution in [-0.2, 0) is 7.05 Å². The second-order valence-corrected chi connectivity index (χ2v) is 4.28. The van der Waals surface area contributed by atoms with Gasteiger partial charge in [0, 0.05) is 18.8 Å². The number of carbonyl (C=O) groups excluding carboxylic acids is 1. The molecule has 0 aliphatic carbocycles. The molecule has 6 heteroatoms. The van der Waals surface area contributed by atoms with Crippen LogP contribution >= 0.6 is 0 Å². The molecule has 108 valence electrons. The SMILES string of the molecule is COc1ccc(C#CCN)cc1NC(=O)c1cnn(C)c1. The third kappa shape index (κ3) is 3.61. The van der Waals surface area contributed by atoms with Crippen LogP contribution in [0.15, 0.2) is 30.6 Å². The molecule has 2 rings (SSSR count). The van der Waals surface area contributed by atoms with Crippen molar-refractivity contribution in [2.75, 3.05) is 19.0 Å². The maximum Gasteiger partial charge on any atom is 0.258 e. The molecule has 0 radical (unpaired) electrons. The zero-order chi connectivity index (χ0) is 15.2. The van der Waals surface area contributed by atoms with Gasteiger partial charge in [0.05, 0.1) is 31.1 Å². The molecule has 0 saturated carbocycles. The number of hydrogen-bond donors (Lipinski definition) is 2. The number of carbonyl (C=O) groups is 1. The third-order valence-electron chi connectivity index (χ3n) is 2.75. The van der Waals surface area contributed by atoms with Crippen LogP contribution in [0.3, 0.4) is 0 Å². The number of benzene rings is 1. The minimum absolute atomic E-state index is 0.259. The summed E-state index contributed by atoms with van der Waals surface area (Å²) in [4.78, 5) is 12.1. The Kier molecular flexibility index (Phi) is 4.59. The van der Waals surface area contributed by atoms with Crippen LogP contribution in [0.1, 0.15) is 15.9 Å². The predicted octanol–water partition coefficient (Wildman–Crippen LogP) is 0.991. The molecule has 2 aromatic rings. The Morgan fingerprint density at radius 3 is 2.95 bits per heavy atom. The number of aromatic nitrogens is 2. The van der Waals surface area contributed by atoms with E-state index in [-0.39, 0.29) is 12.5 Å². The van der Waals surface area contributed by atoms with Crippen molar-refractivity contribution in [1.82, 2.24) is 9.78 Å². The second kappa shape index (κ2) is 6.59. The highest BCUT2D eigenvalue weighted by Crippen LogP contribution is 2.25. The molecule has 0 aliphatic heterocycles. The van der Waals surface area contributed by atoms with Gasteiger partial charge in [-0.15, -0.1) is 0 Å². The van der Waals surface area contributed by atoms with E-state index in [4.69, 9.17) is 10.5 Å². The first-order valence-electron chi connectivity index (χ1n) is 6.31. The van der Waals surface area contributed by atoms with Crippen molar-refractivity contribution < 1.29 is 9.53 Å². The summed E-state index contributed by atoms with van der Waals surface area (Å²) in [6, 6.07) is 5.30. The molecule has 0 bridgehead atoms. The summed E-state index contributed by atoms with van der Waals surface area (Å²) in [6.45, 7) is 0.281. The van der Waals surface area contributed by atoms with Crippen molar-refractivity contribution in [3.63, 3.8) is 0 Å². The Bertz CT molecular complexity index is 710. The van der Waals surface area contributed by atoms with Gasteiger partial charge in [-0.1, -0.05) is 11.8 Å². The van der Waals surface area contributed by atoms with Crippen LogP contribution < -0.4 is 15.8 Å². The van der Waals surface area contributed by atoms with Gasteiger partial charge in [-0.25, -0.2) is 0 Å². The quantitative estimate of drug-likeness (QED) is 0.824. The predicted molar refractivity (Wildman–Crippen MR) is 80.1 cm³/mol. The summed E-state index contributed by atoms with van der Waals surface area (Å²) in [7, 11) is 3.29. The van der Waals surface area contributed by atoms with Crippen molar-refractivity contribution in [3.05, 3.63) is 41.7 Å². The topological polar surface area (TPSA) is 82.2 Å². The van der Waals surface area contributed by atoms with E-state index < -0.39 is 0 Å². The Labute approximate surface area is 122 Å². The largest absolute Gasteiger partial charge is 0.495 e. The van der Waals surface area contributed by atoms with Gasteiger partial charge >= 0.3 is 0 Å². The molecule has 6 nitrogen and oxygen atoms in total. The fraction of sp³-hybridized carbons (Fsp3) is 0.200. The number of ether oxygens (including phenoxy) is 1. The molecule has 1 aromatic carbocycles. The molecule has 3 N–H and O–H groups in total. The van der Waals surface area contributed by atoms with Crippen LogP contribution in [0.5, 0.6) is 5.75 Å². The number of hydrogen-bond acceptors (Lipinski definition) is 4. The molecule has 0 spiro atoms. The highest BCUT2D eigenvalue weighted by Gasteiger charge is 2.11. The molecular weight excluding hydrogens is 268 g/mol. The molecule has 21 heavy (non-hydrogen) atoms. The van der Waals surface area contributed by atoms with Crippen molar-refractivity contribution in [3.8, 4) is 17.6 Å². The van der Waals surface area contributed by atoms with E-state index in [0.717, 1.165) is 5.56 Å². The molecule has 1 heterocycles. The van der Waals surface area contributed by atoms with E-state index in [0.29, 0.717) is 17.0 Å². The lowest BCUT2D eigenvalue weighted by Crippen LogP contribution is -2.12. The fourth-order valence-electron chi connectivity index (χ4n) is 1.77. The van der Waals surface area contributed by atoms with Crippen LogP contribution in [-0.4, -0.2) is 29.3 Å². The Balaban J connectivity index is 2.26. The number of anilines is 1. The lowest BCUT2D eigenvalue weighted by atomic mass is 10.2. The van der Waals surface area contributed by atoms with Crippen LogP contribution in [0.25, 0.3) is 0 Å². The van der Waals surface area contributed by atoms with E-state index >= 15 is 0 Å². The van der Waals surface area contributed by atoms with E-state index in [1.54, 1.807) is 43.2 Å². The van der Waals surface area contributed by atoms with E-state index in [2.05, 4.69) is 22.3 Å². The Morgan fingerprint density at radius 1 is 1.52 bits per heavy atom. The number of amides is 1. The summed E-state index contributed by atoms with van der Waals surface area (Å²) in [5, 5.41) is 6.76. The zero-order valence-corrected chi connectivity index (χ0v) is 11.9. The number of methoxy groups -OCH3 is 1. The molecular formula is C15H16N4O2. The monoisotopic (exact) mass is 284 g/mol.